The van der Waals surface area contributed by atoms with Crippen LogP contribution in [0.4, 0.5) is 5.69 Å². The zero-order valence-electron chi connectivity index (χ0n) is 11.2. The van der Waals surface area contributed by atoms with Crippen LogP contribution in [-0.4, -0.2) is 29.8 Å². The van der Waals surface area contributed by atoms with Crippen molar-refractivity contribution in [3.63, 3.8) is 0 Å². The number of halogens is 1. The lowest BCUT2D eigenvalue weighted by Gasteiger charge is -2.05. The number of nitrogens with zero attached hydrogens (tertiary/aromatic N) is 4. The first-order valence-corrected chi connectivity index (χ1v) is 7.31. The zero-order chi connectivity index (χ0) is 15.0. The van der Waals surface area contributed by atoms with E-state index in [0.29, 0.717) is 27.6 Å². The molecule has 0 fully saturated rings. The highest BCUT2D eigenvalue weighted by Crippen LogP contribution is 2.30. The molecule has 0 radical (unpaired) electrons. The molecule has 0 aliphatic rings. The molecule has 2 aromatic heterocycles. The highest BCUT2D eigenvalue weighted by Gasteiger charge is 2.18. The van der Waals surface area contributed by atoms with Crippen molar-refractivity contribution in [3.8, 4) is 0 Å². The van der Waals surface area contributed by atoms with Gasteiger partial charge >= 0.3 is 0 Å². The third-order valence-corrected chi connectivity index (χ3v) is 3.73. The molecular weight excluding hydrogens is 312 g/mol. The maximum atomic E-state index is 12.2. The van der Waals surface area contributed by atoms with Crippen molar-refractivity contribution < 1.29 is 4.79 Å². The second-order valence-corrected chi connectivity index (χ2v) is 5.64. The summed E-state index contributed by atoms with van der Waals surface area (Å²) in [7, 11) is 0. The van der Waals surface area contributed by atoms with Gasteiger partial charge in [0.05, 0.1) is 22.4 Å². The highest BCUT2D eigenvalue weighted by molar-refractivity contribution is 7.00. The molecule has 108 valence electrons. The Bertz CT molecular complexity index is 811. The number of anilines is 1. The van der Waals surface area contributed by atoms with Gasteiger partial charge < -0.3 is 5.32 Å². The first kappa shape index (κ1) is 13.9. The van der Waals surface area contributed by atoms with Crippen molar-refractivity contribution in [3.05, 3.63) is 28.8 Å². The molecule has 9 heteroatoms. The molecule has 0 saturated carbocycles. The number of rotatable bonds is 3. The molecule has 0 atom stereocenters. The van der Waals surface area contributed by atoms with Gasteiger partial charge in [-0.05, 0) is 12.1 Å². The Hall–Kier alpha value is -2.06. The van der Waals surface area contributed by atoms with Crippen LogP contribution in [0.25, 0.3) is 11.0 Å². The van der Waals surface area contributed by atoms with Crippen molar-refractivity contribution in [2.75, 3.05) is 5.32 Å². The SMILES string of the molecule is CC(C)c1nc(C(=O)Nc2c(Cl)ccc3nsnc23)n[nH]1. The predicted molar refractivity (Wildman–Crippen MR) is 80.8 cm³/mol. The molecule has 7 nitrogen and oxygen atoms in total. The Labute approximate surface area is 129 Å². The summed E-state index contributed by atoms with van der Waals surface area (Å²) in [6.07, 6.45) is 0. The van der Waals surface area contributed by atoms with E-state index in [1.54, 1.807) is 12.1 Å². The number of H-pyrrole nitrogens is 1. The van der Waals surface area contributed by atoms with Gasteiger partial charge in [-0.1, -0.05) is 25.4 Å². The molecule has 0 unspecified atom stereocenters. The van der Waals surface area contributed by atoms with Gasteiger partial charge in [-0.3, -0.25) is 9.89 Å². The van der Waals surface area contributed by atoms with Crippen molar-refractivity contribution in [2.45, 2.75) is 19.8 Å². The molecule has 0 spiro atoms. The summed E-state index contributed by atoms with van der Waals surface area (Å²) < 4.78 is 8.25. The Morgan fingerprint density at radius 3 is 2.90 bits per heavy atom. The van der Waals surface area contributed by atoms with E-state index in [1.807, 2.05) is 13.8 Å². The first-order chi connectivity index (χ1) is 10.1. The Balaban J connectivity index is 1.92. The number of hydrogen-bond donors (Lipinski definition) is 2. The third kappa shape index (κ3) is 2.59. The predicted octanol–water partition coefficient (Wildman–Crippen LogP) is 2.84. The van der Waals surface area contributed by atoms with Gasteiger partial charge in [0.25, 0.3) is 5.91 Å². The van der Waals surface area contributed by atoms with Crippen LogP contribution >= 0.6 is 23.3 Å². The van der Waals surface area contributed by atoms with Gasteiger partial charge in [0.1, 0.15) is 16.9 Å². The number of nitrogens with one attached hydrogen (secondary N) is 2. The first-order valence-electron chi connectivity index (χ1n) is 6.20. The second-order valence-electron chi connectivity index (χ2n) is 4.71. The van der Waals surface area contributed by atoms with Crippen LogP contribution in [-0.2, 0) is 0 Å². The number of fused-ring (bicyclic) bond motifs is 1. The summed E-state index contributed by atoms with van der Waals surface area (Å²) in [5.74, 6) is 0.434. The quantitative estimate of drug-likeness (QED) is 0.773. The van der Waals surface area contributed by atoms with E-state index in [0.717, 1.165) is 11.7 Å². The molecule has 2 heterocycles. The number of hydrogen-bond acceptors (Lipinski definition) is 6. The van der Waals surface area contributed by atoms with E-state index in [-0.39, 0.29) is 11.7 Å². The summed E-state index contributed by atoms with van der Waals surface area (Å²) in [5, 5.41) is 9.73. The molecule has 0 aliphatic heterocycles. The lowest BCUT2D eigenvalue weighted by atomic mass is 10.2. The molecule has 1 aromatic carbocycles. The lowest BCUT2D eigenvalue weighted by Crippen LogP contribution is -2.14. The highest BCUT2D eigenvalue weighted by atomic mass is 35.5. The standard InChI is InChI=1S/C12H11ClN6OS/c1-5(2)10-15-11(17-16-10)12(20)14-8-6(13)3-4-7-9(8)19-21-18-7/h3-5H,1-2H3,(H,14,20)(H,15,16,17). The lowest BCUT2D eigenvalue weighted by molar-refractivity contribution is 0.101. The summed E-state index contributed by atoms with van der Waals surface area (Å²) in [6, 6.07) is 3.42. The van der Waals surface area contributed by atoms with Crippen molar-refractivity contribution in [2.24, 2.45) is 0 Å². The van der Waals surface area contributed by atoms with Crippen LogP contribution in [0.3, 0.4) is 0 Å². The van der Waals surface area contributed by atoms with E-state index in [4.69, 9.17) is 11.6 Å². The van der Waals surface area contributed by atoms with Gasteiger partial charge in [-0.15, -0.1) is 5.10 Å². The fourth-order valence-electron chi connectivity index (χ4n) is 1.75. The number of benzene rings is 1. The van der Waals surface area contributed by atoms with Crippen LogP contribution in [0.5, 0.6) is 0 Å². The van der Waals surface area contributed by atoms with E-state index in [1.165, 1.54) is 0 Å². The minimum absolute atomic E-state index is 0.0648. The van der Waals surface area contributed by atoms with Crippen LogP contribution in [0.1, 0.15) is 36.2 Å². The molecule has 1 amide bonds. The average Bonchev–Trinajstić information content (AvgIpc) is 3.09. The fraction of sp³-hybridized carbons (Fsp3) is 0.250. The number of aromatic nitrogens is 5. The Kier molecular flexibility index (Phi) is 3.56. The Morgan fingerprint density at radius 2 is 2.19 bits per heavy atom. The summed E-state index contributed by atoms with van der Waals surface area (Å²) in [6.45, 7) is 3.92. The number of amides is 1. The molecule has 0 bridgehead atoms. The van der Waals surface area contributed by atoms with Crippen LogP contribution in [0.2, 0.25) is 5.02 Å². The summed E-state index contributed by atoms with van der Waals surface area (Å²) >= 11 is 7.18. The third-order valence-electron chi connectivity index (χ3n) is 2.87. The van der Waals surface area contributed by atoms with Gasteiger partial charge in [0.2, 0.25) is 5.82 Å². The van der Waals surface area contributed by atoms with Crippen molar-refractivity contribution in [1.82, 2.24) is 23.9 Å². The molecule has 0 aliphatic carbocycles. The normalized spacial score (nSPS) is 11.2. The molecule has 0 saturated heterocycles. The summed E-state index contributed by atoms with van der Waals surface area (Å²) in [4.78, 5) is 16.4. The van der Waals surface area contributed by atoms with Crippen LogP contribution < -0.4 is 5.32 Å². The number of carbonyl (C=O) groups excluding carboxylic acids is 1. The van der Waals surface area contributed by atoms with E-state index >= 15 is 0 Å². The molecular formula is C12H11ClN6OS. The maximum Gasteiger partial charge on any atom is 0.295 e. The van der Waals surface area contributed by atoms with Crippen molar-refractivity contribution >= 4 is 46.0 Å². The van der Waals surface area contributed by atoms with E-state index < -0.39 is 5.91 Å². The zero-order valence-corrected chi connectivity index (χ0v) is 12.8. The fourth-order valence-corrected chi connectivity index (χ4v) is 2.49. The number of carbonyl (C=O) groups is 1. The number of aromatic amines is 1. The smallest absolute Gasteiger partial charge is 0.295 e. The topological polar surface area (TPSA) is 96.5 Å². The summed E-state index contributed by atoms with van der Waals surface area (Å²) in [5.41, 5.74) is 1.65. The van der Waals surface area contributed by atoms with Gasteiger partial charge in [-0.2, -0.15) is 8.75 Å². The molecule has 3 aromatic rings. The second kappa shape index (κ2) is 5.38. The van der Waals surface area contributed by atoms with Gasteiger partial charge in [0.15, 0.2) is 0 Å². The average molecular weight is 323 g/mol. The van der Waals surface area contributed by atoms with Crippen LogP contribution in [0, 0.1) is 0 Å². The minimum atomic E-state index is -0.444. The molecule has 21 heavy (non-hydrogen) atoms. The molecule has 3 rings (SSSR count). The molecule has 2 N–H and O–H groups in total. The monoisotopic (exact) mass is 322 g/mol. The van der Waals surface area contributed by atoms with Crippen molar-refractivity contribution in [1.29, 1.82) is 0 Å². The van der Waals surface area contributed by atoms with Gasteiger partial charge in [0, 0.05) is 5.92 Å². The van der Waals surface area contributed by atoms with Gasteiger partial charge in [-0.25, -0.2) is 4.98 Å². The van der Waals surface area contributed by atoms with E-state index in [9.17, 15) is 4.79 Å². The maximum absolute atomic E-state index is 12.2. The van der Waals surface area contributed by atoms with E-state index in [2.05, 4.69) is 29.2 Å². The minimum Gasteiger partial charge on any atom is -0.316 e. The van der Waals surface area contributed by atoms with Crippen LogP contribution in [0.15, 0.2) is 12.1 Å². The Morgan fingerprint density at radius 1 is 1.38 bits per heavy atom. The largest absolute Gasteiger partial charge is 0.316 e.